The first kappa shape index (κ1) is 11.7. The van der Waals surface area contributed by atoms with Gasteiger partial charge in [0, 0.05) is 19.3 Å². The number of nitrogens with zero attached hydrogens (tertiary/aromatic N) is 2. The van der Waals surface area contributed by atoms with E-state index in [1.807, 2.05) is 20.2 Å². The van der Waals surface area contributed by atoms with Gasteiger partial charge in [-0.25, -0.2) is 4.98 Å². The summed E-state index contributed by atoms with van der Waals surface area (Å²) in [5.74, 6) is 0.0326. The maximum Gasteiger partial charge on any atom is 0.239 e. The summed E-state index contributed by atoms with van der Waals surface area (Å²) in [5.41, 5.74) is 0.945. The first-order chi connectivity index (χ1) is 7.26. The Bertz CT molecular complexity index is 308. The highest BCUT2D eigenvalue weighted by atomic mass is 16.1. The highest BCUT2D eigenvalue weighted by molar-refractivity contribution is 5.75. The third-order valence-corrected chi connectivity index (χ3v) is 1.94. The van der Waals surface area contributed by atoms with Crippen molar-refractivity contribution in [2.45, 2.75) is 26.4 Å². The van der Waals surface area contributed by atoms with Gasteiger partial charge in [0.1, 0.15) is 6.54 Å². The van der Waals surface area contributed by atoms with Crippen molar-refractivity contribution in [2.24, 2.45) is 0 Å². The molecule has 0 spiro atoms. The number of hydrogen-bond donors (Lipinski definition) is 2. The van der Waals surface area contributed by atoms with Gasteiger partial charge in [-0.05, 0) is 13.5 Å². The molecular weight excluding hydrogens is 192 g/mol. The van der Waals surface area contributed by atoms with Crippen molar-refractivity contribution in [1.82, 2.24) is 20.2 Å². The van der Waals surface area contributed by atoms with Crippen molar-refractivity contribution in [3.63, 3.8) is 0 Å². The van der Waals surface area contributed by atoms with Crippen LogP contribution >= 0.6 is 0 Å². The molecule has 0 saturated heterocycles. The zero-order valence-corrected chi connectivity index (χ0v) is 9.29. The molecule has 0 unspecified atom stereocenters. The van der Waals surface area contributed by atoms with Crippen LogP contribution in [0.25, 0.3) is 0 Å². The fourth-order valence-corrected chi connectivity index (χ4v) is 1.25. The van der Waals surface area contributed by atoms with Crippen molar-refractivity contribution in [3.05, 3.63) is 18.2 Å². The van der Waals surface area contributed by atoms with Crippen LogP contribution in [0.1, 0.15) is 19.0 Å². The van der Waals surface area contributed by atoms with Crippen LogP contribution in [0.3, 0.4) is 0 Å². The molecule has 1 aromatic rings. The predicted octanol–water partition coefficient (Wildman–Crippen LogP) is 0.129. The van der Waals surface area contributed by atoms with Gasteiger partial charge in [-0.3, -0.25) is 4.79 Å². The summed E-state index contributed by atoms with van der Waals surface area (Å²) in [6.45, 7) is 3.83. The molecule has 1 aromatic heterocycles. The minimum Gasteiger partial charge on any atom is -0.355 e. The maximum atomic E-state index is 11.4. The molecule has 5 heteroatoms. The number of carbonyl (C=O) groups is 1. The van der Waals surface area contributed by atoms with Crippen LogP contribution in [0.2, 0.25) is 0 Å². The molecule has 5 nitrogen and oxygen atoms in total. The van der Waals surface area contributed by atoms with Crippen molar-refractivity contribution < 1.29 is 4.79 Å². The number of aromatic nitrogens is 2. The zero-order chi connectivity index (χ0) is 11.1. The number of rotatable bonds is 6. The molecule has 0 aromatic carbocycles. The lowest BCUT2D eigenvalue weighted by molar-refractivity contribution is -0.121. The lowest BCUT2D eigenvalue weighted by Gasteiger charge is -2.03. The topological polar surface area (TPSA) is 59.0 Å². The molecule has 15 heavy (non-hydrogen) atoms. The average molecular weight is 210 g/mol. The van der Waals surface area contributed by atoms with Crippen LogP contribution in [0.4, 0.5) is 0 Å². The molecule has 84 valence electrons. The Labute approximate surface area is 89.9 Å². The SMILES string of the molecule is CCCNC(=O)Cn1cnc(CNC)c1. The van der Waals surface area contributed by atoms with Gasteiger partial charge >= 0.3 is 0 Å². The van der Waals surface area contributed by atoms with Crippen molar-refractivity contribution >= 4 is 5.91 Å². The molecule has 0 aliphatic rings. The summed E-state index contributed by atoms with van der Waals surface area (Å²) in [4.78, 5) is 15.5. The lowest BCUT2D eigenvalue weighted by Crippen LogP contribution is -2.27. The van der Waals surface area contributed by atoms with Crippen molar-refractivity contribution in [1.29, 1.82) is 0 Å². The van der Waals surface area contributed by atoms with E-state index in [1.165, 1.54) is 0 Å². The molecule has 0 aliphatic carbocycles. The predicted molar refractivity (Wildman–Crippen MR) is 58.3 cm³/mol. The summed E-state index contributed by atoms with van der Waals surface area (Å²) < 4.78 is 1.79. The normalized spacial score (nSPS) is 10.3. The first-order valence-electron chi connectivity index (χ1n) is 5.18. The van der Waals surface area contributed by atoms with E-state index in [0.717, 1.165) is 25.2 Å². The Morgan fingerprint density at radius 1 is 1.60 bits per heavy atom. The van der Waals surface area contributed by atoms with E-state index in [4.69, 9.17) is 0 Å². The number of imidazole rings is 1. The van der Waals surface area contributed by atoms with Gasteiger partial charge in [0.05, 0.1) is 12.0 Å². The molecule has 0 fully saturated rings. The molecule has 0 atom stereocenters. The van der Waals surface area contributed by atoms with E-state index in [2.05, 4.69) is 15.6 Å². The molecule has 0 saturated carbocycles. The number of nitrogens with one attached hydrogen (secondary N) is 2. The van der Waals surface area contributed by atoms with E-state index < -0.39 is 0 Å². The Balaban J connectivity index is 2.39. The Hall–Kier alpha value is -1.36. The summed E-state index contributed by atoms with van der Waals surface area (Å²) in [7, 11) is 1.87. The Kier molecular flexibility index (Phi) is 4.83. The zero-order valence-electron chi connectivity index (χ0n) is 9.29. The van der Waals surface area contributed by atoms with Gasteiger partial charge in [-0.2, -0.15) is 0 Å². The molecular formula is C10H18N4O. The van der Waals surface area contributed by atoms with E-state index in [9.17, 15) is 4.79 Å². The number of carbonyl (C=O) groups excluding carboxylic acids is 1. The van der Waals surface area contributed by atoms with Crippen LogP contribution in [0.15, 0.2) is 12.5 Å². The highest BCUT2D eigenvalue weighted by Crippen LogP contribution is 1.95. The van der Waals surface area contributed by atoms with Gasteiger partial charge in [0.15, 0.2) is 0 Å². The summed E-state index contributed by atoms with van der Waals surface area (Å²) in [6.07, 6.45) is 4.51. The molecule has 1 amide bonds. The highest BCUT2D eigenvalue weighted by Gasteiger charge is 2.02. The van der Waals surface area contributed by atoms with Gasteiger partial charge in [0.2, 0.25) is 5.91 Å². The van der Waals surface area contributed by atoms with E-state index in [-0.39, 0.29) is 5.91 Å². The van der Waals surface area contributed by atoms with E-state index in [1.54, 1.807) is 10.9 Å². The third kappa shape index (κ3) is 4.12. The van der Waals surface area contributed by atoms with Gasteiger partial charge in [-0.15, -0.1) is 0 Å². The molecule has 2 N–H and O–H groups in total. The standard InChI is InChI=1S/C10H18N4O/c1-3-4-12-10(15)7-14-6-9(5-11-2)13-8-14/h6,8,11H,3-5,7H2,1-2H3,(H,12,15). The maximum absolute atomic E-state index is 11.4. The van der Waals surface area contributed by atoms with Gasteiger partial charge in [0.25, 0.3) is 0 Å². The van der Waals surface area contributed by atoms with Crippen molar-refractivity contribution in [3.8, 4) is 0 Å². The molecule has 1 heterocycles. The molecule has 0 radical (unpaired) electrons. The van der Waals surface area contributed by atoms with E-state index >= 15 is 0 Å². The van der Waals surface area contributed by atoms with Gasteiger partial charge in [-0.1, -0.05) is 6.92 Å². The Morgan fingerprint density at radius 3 is 3.07 bits per heavy atom. The smallest absolute Gasteiger partial charge is 0.239 e. The van der Waals surface area contributed by atoms with Gasteiger partial charge < -0.3 is 15.2 Å². The first-order valence-corrected chi connectivity index (χ1v) is 5.18. The number of amides is 1. The lowest BCUT2D eigenvalue weighted by atomic mass is 10.4. The van der Waals surface area contributed by atoms with Crippen LogP contribution < -0.4 is 10.6 Å². The fraction of sp³-hybridized carbons (Fsp3) is 0.600. The second-order valence-corrected chi connectivity index (χ2v) is 3.42. The van der Waals surface area contributed by atoms with Crippen LogP contribution in [-0.2, 0) is 17.9 Å². The van der Waals surface area contributed by atoms with Crippen LogP contribution in [-0.4, -0.2) is 29.1 Å². The van der Waals surface area contributed by atoms with E-state index in [0.29, 0.717) is 6.54 Å². The van der Waals surface area contributed by atoms with Crippen LogP contribution in [0.5, 0.6) is 0 Å². The second kappa shape index (κ2) is 6.19. The fourth-order valence-electron chi connectivity index (χ4n) is 1.25. The average Bonchev–Trinajstić information content (AvgIpc) is 2.63. The summed E-state index contributed by atoms with van der Waals surface area (Å²) in [6, 6.07) is 0. The monoisotopic (exact) mass is 210 g/mol. The number of hydrogen-bond acceptors (Lipinski definition) is 3. The molecule has 1 rings (SSSR count). The van der Waals surface area contributed by atoms with Crippen molar-refractivity contribution in [2.75, 3.05) is 13.6 Å². The summed E-state index contributed by atoms with van der Waals surface area (Å²) >= 11 is 0. The third-order valence-electron chi connectivity index (χ3n) is 1.94. The minimum atomic E-state index is 0.0326. The largest absolute Gasteiger partial charge is 0.355 e. The quantitative estimate of drug-likeness (QED) is 0.701. The Morgan fingerprint density at radius 2 is 2.40 bits per heavy atom. The second-order valence-electron chi connectivity index (χ2n) is 3.42. The summed E-state index contributed by atoms with van der Waals surface area (Å²) in [5, 5.41) is 5.83. The molecule has 0 bridgehead atoms. The minimum absolute atomic E-state index is 0.0326. The van der Waals surface area contributed by atoms with Crippen LogP contribution in [0, 0.1) is 0 Å². The molecule has 0 aliphatic heterocycles.